The van der Waals surface area contributed by atoms with E-state index in [0.717, 1.165) is 44.5 Å². The van der Waals surface area contributed by atoms with Gasteiger partial charge in [0.05, 0.1) is 27.9 Å². The molecule has 184 valence electrons. The number of ether oxygens (including phenoxy) is 2. The van der Waals surface area contributed by atoms with E-state index in [4.69, 9.17) is 14.5 Å². The number of aliphatic imine (C=N–C) groups is 1. The van der Waals surface area contributed by atoms with Crippen LogP contribution in [0.25, 0.3) is 0 Å². The lowest BCUT2D eigenvalue weighted by atomic mass is 9.72. The molecule has 0 saturated carbocycles. The molecule has 0 radical (unpaired) electrons. The highest BCUT2D eigenvalue weighted by Gasteiger charge is 2.32. The second-order valence-electron chi connectivity index (χ2n) is 9.95. The zero-order valence-corrected chi connectivity index (χ0v) is 23.9. The van der Waals surface area contributed by atoms with Crippen molar-refractivity contribution in [3.05, 3.63) is 72.7 Å². The molecule has 1 aliphatic carbocycles. The number of thiophene rings is 1. The summed E-state index contributed by atoms with van der Waals surface area (Å²) in [5, 5.41) is 20.0. The van der Waals surface area contributed by atoms with Crippen LogP contribution in [0.5, 0.6) is 11.5 Å². The first-order valence-corrected chi connectivity index (χ1v) is 13.7. The van der Waals surface area contributed by atoms with E-state index in [0.29, 0.717) is 23.0 Å². The average Bonchev–Trinajstić information content (AvgIpc) is 3.22. The minimum absolute atomic E-state index is 0.256. The normalized spacial score (nSPS) is 15.2. The molecule has 36 heavy (non-hydrogen) atoms. The first kappa shape index (κ1) is 26.2. The maximum atomic E-state index is 9.86. The van der Waals surface area contributed by atoms with E-state index >= 15 is 0 Å². The Labute approximate surface area is 230 Å². The van der Waals surface area contributed by atoms with Crippen LogP contribution < -0.4 is 9.47 Å². The Morgan fingerprint density at radius 1 is 1.19 bits per heavy atom. The van der Waals surface area contributed by atoms with Gasteiger partial charge in [0.2, 0.25) is 0 Å². The minimum Gasteiger partial charge on any atom is -0.493 e. The van der Waals surface area contributed by atoms with E-state index < -0.39 is 0 Å². The molecule has 1 heterocycles. The molecule has 4 rings (SSSR count). The van der Waals surface area contributed by atoms with Gasteiger partial charge in [-0.15, -0.1) is 11.3 Å². The molecular formula is C29H28IN3O2S. The lowest BCUT2D eigenvalue weighted by Gasteiger charge is -2.33. The monoisotopic (exact) mass is 609 g/mol. The largest absolute Gasteiger partial charge is 0.493 e. The van der Waals surface area contributed by atoms with Gasteiger partial charge in [0.15, 0.2) is 11.5 Å². The van der Waals surface area contributed by atoms with Crippen molar-refractivity contribution < 1.29 is 9.47 Å². The highest BCUT2D eigenvalue weighted by atomic mass is 127. The van der Waals surface area contributed by atoms with Crippen molar-refractivity contribution in [2.45, 2.75) is 46.6 Å². The second kappa shape index (κ2) is 11.0. The van der Waals surface area contributed by atoms with Crippen LogP contribution in [-0.2, 0) is 19.4 Å². The number of benzene rings is 2. The number of nitrogens with zero attached hydrogens (tertiary/aromatic N) is 3. The maximum Gasteiger partial charge on any atom is 0.174 e. The number of fused-ring (bicyclic) bond motifs is 1. The highest BCUT2D eigenvalue weighted by Crippen LogP contribution is 2.45. The predicted octanol–water partition coefficient (Wildman–Crippen LogP) is 7.59. The minimum atomic E-state index is 0.256. The van der Waals surface area contributed by atoms with Crippen LogP contribution in [-0.4, -0.2) is 13.3 Å². The number of rotatable bonds is 6. The van der Waals surface area contributed by atoms with Crippen LogP contribution in [0.3, 0.4) is 0 Å². The van der Waals surface area contributed by atoms with E-state index in [1.54, 1.807) is 30.7 Å². The van der Waals surface area contributed by atoms with Gasteiger partial charge in [-0.1, -0.05) is 39.0 Å². The van der Waals surface area contributed by atoms with Crippen LogP contribution in [0.1, 0.15) is 59.9 Å². The lowest BCUT2D eigenvalue weighted by molar-refractivity contribution is 0.218. The summed E-state index contributed by atoms with van der Waals surface area (Å²) in [7, 11) is 1.61. The van der Waals surface area contributed by atoms with Crippen LogP contribution in [0.4, 0.5) is 5.00 Å². The summed E-state index contributed by atoms with van der Waals surface area (Å²) in [6.45, 7) is 7.16. The average molecular weight is 610 g/mol. The topological polar surface area (TPSA) is 78.4 Å². The van der Waals surface area contributed by atoms with Gasteiger partial charge in [0, 0.05) is 16.7 Å². The Morgan fingerprint density at radius 2 is 1.97 bits per heavy atom. The quantitative estimate of drug-likeness (QED) is 0.213. The molecule has 1 atom stereocenters. The van der Waals surface area contributed by atoms with Gasteiger partial charge in [-0.3, -0.25) is 0 Å². The molecule has 0 aliphatic heterocycles. The molecule has 0 N–H and O–H groups in total. The van der Waals surface area contributed by atoms with Crippen molar-refractivity contribution in [2.75, 3.05) is 7.11 Å². The lowest BCUT2D eigenvalue weighted by Crippen LogP contribution is -2.26. The zero-order chi connectivity index (χ0) is 25.9. The summed E-state index contributed by atoms with van der Waals surface area (Å²) in [6.07, 6.45) is 4.86. The molecule has 0 amide bonds. The van der Waals surface area contributed by atoms with Crippen LogP contribution in [0.15, 0.2) is 41.4 Å². The molecule has 0 bridgehead atoms. The highest BCUT2D eigenvalue weighted by molar-refractivity contribution is 14.1. The molecular weight excluding hydrogens is 581 g/mol. The molecule has 1 aliphatic rings. The molecule has 5 nitrogen and oxygen atoms in total. The Kier molecular flexibility index (Phi) is 8.02. The van der Waals surface area contributed by atoms with Gasteiger partial charge in [-0.2, -0.15) is 10.5 Å². The van der Waals surface area contributed by atoms with Gasteiger partial charge in [-0.25, -0.2) is 4.99 Å². The Balaban J connectivity index is 1.57. The third-order valence-corrected chi connectivity index (χ3v) is 8.64. The molecule has 0 saturated heterocycles. The number of hydrogen-bond donors (Lipinski definition) is 0. The SMILES string of the molecule is COc1cc(C=Nc2sc3c(c2C#N)CC[C@H](C(C)(C)C)C3)cc(I)c1OCc1ccccc1C#N. The first-order chi connectivity index (χ1) is 17.2. The molecule has 0 spiro atoms. The Morgan fingerprint density at radius 3 is 2.67 bits per heavy atom. The van der Waals surface area contributed by atoms with Gasteiger partial charge in [-0.05, 0) is 82.5 Å². The van der Waals surface area contributed by atoms with Gasteiger partial charge < -0.3 is 9.47 Å². The summed E-state index contributed by atoms with van der Waals surface area (Å²) in [6, 6.07) is 15.9. The molecule has 7 heteroatoms. The summed E-state index contributed by atoms with van der Waals surface area (Å²) < 4.78 is 12.6. The van der Waals surface area contributed by atoms with Crippen LogP contribution in [0, 0.1) is 37.6 Å². The predicted molar refractivity (Wildman–Crippen MR) is 152 cm³/mol. The van der Waals surface area contributed by atoms with Crippen molar-refractivity contribution >= 4 is 45.1 Å². The zero-order valence-electron chi connectivity index (χ0n) is 20.9. The fourth-order valence-corrected chi connectivity index (χ4v) is 6.51. The van der Waals surface area contributed by atoms with E-state index in [2.05, 4.69) is 55.5 Å². The maximum absolute atomic E-state index is 9.86. The molecule has 0 unspecified atom stereocenters. The fourth-order valence-electron chi connectivity index (χ4n) is 4.51. The standard InChI is InChI=1S/C29H28IN3O2S/c1-29(2,3)21-9-10-22-23(15-32)28(36-26(22)13-21)33-16-18-11-24(30)27(25(12-18)34-4)35-17-20-8-6-5-7-19(20)14-31/h5-8,11-12,16,21H,9-10,13,17H2,1-4H3/t21-/m0/s1. The summed E-state index contributed by atoms with van der Waals surface area (Å²) in [5.74, 6) is 1.84. The summed E-state index contributed by atoms with van der Waals surface area (Å²) in [5.41, 5.74) is 4.44. The Bertz CT molecular complexity index is 1390. The second-order valence-corrected chi connectivity index (χ2v) is 12.2. The molecule has 1 aromatic heterocycles. The van der Waals surface area contributed by atoms with Crippen molar-refractivity contribution in [3.63, 3.8) is 0 Å². The van der Waals surface area contributed by atoms with E-state index in [1.807, 2.05) is 30.3 Å². The Hall–Kier alpha value is -2.88. The smallest absolute Gasteiger partial charge is 0.174 e. The molecule has 2 aromatic carbocycles. The van der Waals surface area contributed by atoms with Crippen LogP contribution >= 0.6 is 33.9 Å². The fraction of sp³-hybridized carbons (Fsp3) is 0.345. The third-order valence-electron chi connectivity index (χ3n) is 6.68. The van der Waals surface area contributed by atoms with Crippen LogP contribution in [0.2, 0.25) is 0 Å². The first-order valence-electron chi connectivity index (χ1n) is 11.8. The molecule has 3 aromatic rings. The van der Waals surface area contributed by atoms with Gasteiger partial charge in [0.25, 0.3) is 0 Å². The van der Waals surface area contributed by atoms with E-state index in [1.165, 1.54) is 10.4 Å². The van der Waals surface area contributed by atoms with Crippen molar-refractivity contribution in [3.8, 4) is 23.6 Å². The van der Waals surface area contributed by atoms with Crippen molar-refractivity contribution in [1.29, 1.82) is 10.5 Å². The third kappa shape index (κ3) is 5.58. The number of methoxy groups -OCH3 is 1. The van der Waals surface area contributed by atoms with Crippen molar-refractivity contribution in [1.82, 2.24) is 0 Å². The van der Waals surface area contributed by atoms with E-state index in [9.17, 15) is 10.5 Å². The summed E-state index contributed by atoms with van der Waals surface area (Å²) >= 11 is 3.87. The summed E-state index contributed by atoms with van der Waals surface area (Å²) in [4.78, 5) is 6.04. The van der Waals surface area contributed by atoms with Gasteiger partial charge >= 0.3 is 0 Å². The van der Waals surface area contributed by atoms with Crippen molar-refractivity contribution in [2.24, 2.45) is 16.3 Å². The number of hydrogen-bond acceptors (Lipinski definition) is 6. The number of nitriles is 2. The number of halogens is 1. The van der Waals surface area contributed by atoms with E-state index in [-0.39, 0.29) is 12.0 Å². The van der Waals surface area contributed by atoms with Gasteiger partial charge in [0.1, 0.15) is 17.7 Å². The molecule has 0 fully saturated rings.